The predicted octanol–water partition coefficient (Wildman–Crippen LogP) is 3.30. The van der Waals surface area contributed by atoms with Crippen molar-refractivity contribution < 1.29 is 14.6 Å². The molecule has 0 spiro atoms. The summed E-state index contributed by atoms with van der Waals surface area (Å²) in [5, 5.41) is 10.7. The first-order valence-electron chi connectivity index (χ1n) is 8.10. The summed E-state index contributed by atoms with van der Waals surface area (Å²) in [6.07, 6.45) is 6.36. The van der Waals surface area contributed by atoms with Gasteiger partial charge in [0.1, 0.15) is 5.60 Å². The molecule has 3 nitrogen and oxygen atoms in total. The molecule has 0 saturated heterocycles. The van der Waals surface area contributed by atoms with Gasteiger partial charge in [0.05, 0.1) is 11.5 Å². The van der Waals surface area contributed by atoms with Crippen LogP contribution < -0.4 is 0 Å². The molecule has 0 aromatic carbocycles. The molecule has 3 heteroatoms. The van der Waals surface area contributed by atoms with E-state index < -0.39 is 5.60 Å². The van der Waals surface area contributed by atoms with Crippen molar-refractivity contribution >= 4 is 5.97 Å². The first kappa shape index (κ1) is 14.4. The molecule has 0 heterocycles. The minimum atomic E-state index is -0.680. The first-order valence-corrected chi connectivity index (χ1v) is 8.10. The average molecular weight is 280 g/mol. The van der Waals surface area contributed by atoms with Crippen molar-refractivity contribution in [1.82, 2.24) is 0 Å². The van der Waals surface area contributed by atoms with Crippen LogP contribution in [0.25, 0.3) is 0 Å². The number of hydrogen-bond acceptors (Lipinski definition) is 3. The van der Waals surface area contributed by atoms with Gasteiger partial charge in [-0.25, -0.2) is 0 Å². The number of carbonyl (C=O) groups is 1. The fraction of sp³-hybridized carbons (Fsp3) is 0.941. The maximum absolute atomic E-state index is 12.1. The van der Waals surface area contributed by atoms with Crippen LogP contribution in [0, 0.1) is 23.2 Å². The molecular weight excluding hydrogens is 252 g/mol. The van der Waals surface area contributed by atoms with E-state index in [0.717, 1.165) is 32.1 Å². The highest BCUT2D eigenvalue weighted by atomic mass is 16.6. The van der Waals surface area contributed by atoms with Crippen LogP contribution in [0.2, 0.25) is 0 Å². The van der Waals surface area contributed by atoms with Crippen molar-refractivity contribution in [3.05, 3.63) is 0 Å². The number of aliphatic hydroxyl groups is 1. The standard InChI is InChI=1S/C17H28O3/c1-11(2)14(18)20-17-8-12-5-13(9-17)7-16(6-12,10-17)15(3,4)19/h11-13,19H,5-10H2,1-4H3. The molecule has 0 radical (unpaired) electrons. The Kier molecular flexibility index (Phi) is 3.03. The fourth-order valence-electron chi connectivity index (χ4n) is 5.34. The first-order chi connectivity index (χ1) is 9.15. The molecule has 1 N–H and O–H groups in total. The molecule has 2 unspecified atom stereocenters. The topological polar surface area (TPSA) is 46.5 Å². The maximum atomic E-state index is 12.1. The molecule has 4 bridgehead atoms. The van der Waals surface area contributed by atoms with E-state index in [2.05, 4.69) is 0 Å². The van der Waals surface area contributed by atoms with E-state index in [4.69, 9.17) is 4.74 Å². The van der Waals surface area contributed by atoms with Gasteiger partial charge in [0.25, 0.3) is 0 Å². The third kappa shape index (κ3) is 2.09. The second-order valence-corrected chi connectivity index (χ2v) is 8.56. The van der Waals surface area contributed by atoms with Crippen LogP contribution in [-0.4, -0.2) is 22.3 Å². The zero-order valence-corrected chi connectivity index (χ0v) is 13.2. The highest BCUT2D eigenvalue weighted by Gasteiger charge is 2.63. The van der Waals surface area contributed by atoms with Gasteiger partial charge in [0, 0.05) is 5.41 Å². The second-order valence-electron chi connectivity index (χ2n) is 8.56. The summed E-state index contributed by atoms with van der Waals surface area (Å²) in [6, 6.07) is 0. The Morgan fingerprint density at radius 2 is 1.75 bits per heavy atom. The predicted molar refractivity (Wildman–Crippen MR) is 77.1 cm³/mol. The van der Waals surface area contributed by atoms with E-state index in [1.54, 1.807) is 0 Å². The summed E-state index contributed by atoms with van der Waals surface area (Å²) in [6.45, 7) is 7.68. The largest absolute Gasteiger partial charge is 0.459 e. The zero-order valence-electron chi connectivity index (χ0n) is 13.2. The van der Waals surface area contributed by atoms with E-state index in [1.165, 1.54) is 6.42 Å². The van der Waals surface area contributed by atoms with Gasteiger partial charge in [0.2, 0.25) is 0 Å². The lowest BCUT2D eigenvalue weighted by atomic mass is 9.44. The summed E-state index contributed by atoms with van der Waals surface area (Å²) in [5.41, 5.74) is -1.01. The van der Waals surface area contributed by atoms with Gasteiger partial charge in [-0.3, -0.25) is 4.79 Å². The molecule has 4 rings (SSSR count). The van der Waals surface area contributed by atoms with Crippen molar-refractivity contribution in [2.24, 2.45) is 23.2 Å². The summed E-state index contributed by atoms with van der Waals surface area (Å²) in [4.78, 5) is 12.1. The van der Waals surface area contributed by atoms with E-state index in [-0.39, 0.29) is 22.9 Å². The highest BCUT2D eigenvalue weighted by Crippen LogP contribution is 2.66. The Morgan fingerprint density at radius 1 is 1.20 bits per heavy atom. The Morgan fingerprint density at radius 3 is 2.20 bits per heavy atom. The number of hydrogen-bond donors (Lipinski definition) is 1. The quantitative estimate of drug-likeness (QED) is 0.807. The molecule has 4 saturated carbocycles. The number of rotatable bonds is 3. The van der Waals surface area contributed by atoms with Crippen molar-refractivity contribution in [3.63, 3.8) is 0 Å². The van der Waals surface area contributed by atoms with Gasteiger partial charge in [-0.2, -0.15) is 0 Å². The van der Waals surface area contributed by atoms with Crippen molar-refractivity contribution in [2.75, 3.05) is 0 Å². The SMILES string of the molecule is CC(C)C(=O)OC12CC3CC(C1)CC(C(C)(C)O)(C3)C2. The van der Waals surface area contributed by atoms with Crippen LogP contribution >= 0.6 is 0 Å². The summed E-state index contributed by atoms with van der Waals surface area (Å²) in [7, 11) is 0. The van der Waals surface area contributed by atoms with E-state index in [1.807, 2.05) is 27.7 Å². The Labute approximate surface area is 122 Å². The Bertz CT molecular complexity index is 404. The van der Waals surface area contributed by atoms with Crippen LogP contribution in [0.5, 0.6) is 0 Å². The van der Waals surface area contributed by atoms with Crippen molar-refractivity contribution in [3.8, 4) is 0 Å². The van der Waals surface area contributed by atoms with Gasteiger partial charge in [-0.05, 0) is 64.2 Å². The summed E-state index contributed by atoms with van der Waals surface area (Å²) >= 11 is 0. The molecule has 0 aromatic rings. The number of esters is 1. The molecule has 4 fully saturated rings. The monoisotopic (exact) mass is 280 g/mol. The van der Waals surface area contributed by atoms with Crippen LogP contribution in [0.3, 0.4) is 0 Å². The molecule has 0 amide bonds. The smallest absolute Gasteiger partial charge is 0.308 e. The van der Waals surface area contributed by atoms with Gasteiger partial charge >= 0.3 is 5.97 Å². The van der Waals surface area contributed by atoms with Gasteiger partial charge in [-0.1, -0.05) is 13.8 Å². The average Bonchev–Trinajstić information content (AvgIpc) is 2.24. The third-order valence-electron chi connectivity index (χ3n) is 6.09. The second kappa shape index (κ2) is 4.22. The van der Waals surface area contributed by atoms with Crippen molar-refractivity contribution in [1.29, 1.82) is 0 Å². The Balaban J connectivity index is 1.89. The fourth-order valence-corrected chi connectivity index (χ4v) is 5.34. The maximum Gasteiger partial charge on any atom is 0.308 e. The van der Waals surface area contributed by atoms with Crippen LogP contribution in [0.1, 0.15) is 66.2 Å². The lowest BCUT2D eigenvalue weighted by Crippen LogP contribution is -2.63. The third-order valence-corrected chi connectivity index (χ3v) is 6.09. The molecule has 20 heavy (non-hydrogen) atoms. The number of ether oxygens (including phenoxy) is 1. The highest BCUT2D eigenvalue weighted by molar-refractivity contribution is 5.72. The summed E-state index contributed by atoms with van der Waals surface area (Å²) in [5.74, 6) is 1.12. The minimum absolute atomic E-state index is 0.0473. The molecular formula is C17H28O3. The molecule has 114 valence electrons. The molecule has 0 aromatic heterocycles. The molecule has 0 aliphatic heterocycles. The van der Waals surface area contributed by atoms with Crippen LogP contribution in [-0.2, 0) is 9.53 Å². The van der Waals surface area contributed by atoms with E-state index in [0.29, 0.717) is 11.8 Å². The normalized spacial score (nSPS) is 43.1. The molecule has 2 atom stereocenters. The lowest BCUT2D eigenvalue weighted by molar-refractivity contribution is -0.235. The van der Waals surface area contributed by atoms with Crippen LogP contribution in [0.4, 0.5) is 0 Å². The Hall–Kier alpha value is -0.570. The van der Waals surface area contributed by atoms with Gasteiger partial charge < -0.3 is 9.84 Å². The lowest BCUT2D eigenvalue weighted by Gasteiger charge is -2.64. The van der Waals surface area contributed by atoms with Gasteiger partial charge in [0.15, 0.2) is 0 Å². The van der Waals surface area contributed by atoms with Crippen molar-refractivity contribution in [2.45, 2.75) is 77.4 Å². The van der Waals surface area contributed by atoms with E-state index >= 15 is 0 Å². The van der Waals surface area contributed by atoms with Crippen LogP contribution in [0.15, 0.2) is 0 Å². The summed E-state index contributed by atoms with van der Waals surface area (Å²) < 4.78 is 5.98. The number of carbonyl (C=O) groups excluding carboxylic acids is 1. The van der Waals surface area contributed by atoms with E-state index in [9.17, 15) is 9.90 Å². The van der Waals surface area contributed by atoms with Gasteiger partial charge in [-0.15, -0.1) is 0 Å². The molecule has 4 aliphatic carbocycles. The zero-order chi connectivity index (χ0) is 14.8. The minimum Gasteiger partial charge on any atom is -0.459 e. The molecule has 4 aliphatic rings.